The molecule has 1 aromatic carbocycles. The topological polar surface area (TPSA) is 61.9 Å². The Labute approximate surface area is 113 Å². The maximum absolute atomic E-state index is 12.2. The number of para-hydroxylation sites is 1. The van der Waals surface area contributed by atoms with Gasteiger partial charge in [0.05, 0.1) is 5.69 Å². The molecule has 0 radical (unpaired) electrons. The third-order valence-corrected chi connectivity index (χ3v) is 3.48. The second-order valence-electron chi connectivity index (χ2n) is 5.24. The maximum atomic E-state index is 12.2. The molecule has 1 saturated heterocycles. The van der Waals surface area contributed by atoms with Crippen molar-refractivity contribution in [2.24, 2.45) is 10.7 Å². The molecule has 1 fully saturated rings. The van der Waals surface area contributed by atoms with Crippen LogP contribution in [0.4, 0.5) is 5.69 Å². The summed E-state index contributed by atoms with van der Waals surface area (Å²) in [4.78, 5) is 20.2. The predicted molar refractivity (Wildman–Crippen MR) is 76.1 cm³/mol. The van der Waals surface area contributed by atoms with E-state index in [1.165, 1.54) is 0 Å². The first-order valence-electron chi connectivity index (χ1n) is 6.35. The maximum Gasteiger partial charge on any atom is 0.247 e. The van der Waals surface area contributed by atoms with Crippen LogP contribution in [0.1, 0.15) is 13.8 Å². The molecule has 0 atom stereocenters. The quantitative estimate of drug-likeness (QED) is 0.609. The van der Waals surface area contributed by atoms with Gasteiger partial charge in [0.1, 0.15) is 5.54 Å². The van der Waals surface area contributed by atoms with Gasteiger partial charge in [-0.1, -0.05) is 18.2 Å². The average Bonchev–Trinajstić information content (AvgIpc) is 2.37. The number of piperazine rings is 1. The van der Waals surface area contributed by atoms with Crippen LogP contribution in [0.5, 0.6) is 0 Å². The molecule has 2 N–H and O–H groups in total. The van der Waals surface area contributed by atoms with Gasteiger partial charge in [-0.05, 0) is 26.0 Å². The van der Waals surface area contributed by atoms with Gasteiger partial charge >= 0.3 is 0 Å². The van der Waals surface area contributed by atoms with Crippen LogP contribution in [-0.4, -0.2) is 47.3 Å². The minimum atomic E-state index is -0.657. The molecular formula is C14H20N4O. The largest absolute Gasteiger partial charge is 0.369 e. The number of nitrogens with zero attached hydrogens (tertiary/aromatic N) is 3. The second kappa shape index (κ2) is 4.91. The summed E-state index contributed by atoms with van der Waals surface area (Å²) in [5.74, 6) is 0.447. The highest BCUT2D eigenvalue weighted by atomic mass is 16.2. The molecule has 2 rings (SSSR count). The number of hydrogen-bond acceptors (Lipinski definition) is 2. The van der Waals surface area contributed by atoms with Crippen LogP contribution in [0.25, 0.3) is 0 Å². The molecule has 5 heteroatoms. The van der Waals surface area contributed by atoms with Crippen molar-refractivity contribution < 1.29 is 4.79 Å². The zero-order valence-electron chi connectivity index (χ0n) is 11.6. The van der Waals surface area contributed by atoms with Crippen molar-refractivity contribution in [2.45, 2.75) is 19.4 Å². The molecule has 19 heavy (non-hydrogen) atoms. The van der Waals surface area contributed by atoms with E-state index >= 15 is 0 Å². The van der Waals surface area contributed by atoms with Crippen LogP contribution in [0.15, 0.2) is 35.3 Å². The van der Waals surface area contributed by atoms with E-state index in [1.807, 2.05) is 56.1 Å². The molecule has 0 bridgehead atoms. The number of likely N-dealkylation sites (N-methyl/N-ethyl adjacent to an activating group) is 1. The van der Waals surface area contributed by atoms with Gasteiger partial charge in [0.25, 0.3) is 0 Å². The van der Waals surface area contributed by atoms with Gasteiger partial charge < -0.3 is 15.5 Å². The normalized spacial score (nSPS) is 19.7. The smallest absolute Gasteiger partial charge is 0.247 e. The lowest BCUT2D eigenvalue weighted by molar-refractivity contribution is -0.143. The molecule has 1 aromatic rings. The Morgan fingerprint density at radius 1 is 1.26 bits per heavy atom. The summed E-state index contributed by atoms with van der Waals surface area (Å²) in [7, 11) is 1.81. The minimum Gasteiger partial charge on any atom is -0.369 e. The van der Waals surface area contributed by atoms with Crippen molar-refractivity contribution in [3.8, 4) is 0 Å². The van der Waals surface area contributed by atoms with Gasteiger partial charge in [-0.2, -0.15) is 0 Å². The van der Waals surface area contributed by atoms with Gasteiger partial charge in [-0.25, -0.2) is 4.99 Å². The van der Waals surface area contributed by atoms with E-state index in [2.05, 4.69) is 4.99 Å². The van der Waals surface area contributed by atoms with Crippen molar-refractivity contribution in [3.63, 3.8) is 0 Å². The second-order valence-corrected chi connectivity index (χ2v) is 5.24. The van der Waals surface area contributed by atoms with Gasteiger partial charge in [0, 0.05) is 20.1 Å². The van der Waals surface area contributed by atoms with Crippen molar-refractivity contribution in [1.29, 1.82) is 0 Å². The summed E-state index contributed by atoms with van der Waals surface area (Å²) >= 11 is 0. The lowest BCUT2D eigenvalue weighted by atomic mass is 9.98. The zero-order chi connectivity index (χ0) is 14.0. The van der Waals surface area contributed by atoms with Crippen LogP contribution in [0, 0.1) is 0 Å². The van der Waals surface area contributed by atoms with Gasteiger partial charge in [-0.3, -0.25) is 4.79 Å². The van der Waals surface area contributed by atoms with Crippen LogP contribution in [-0.2, 0) is 4.79 Å². The Morgan fingerprint density at radius 2 is 1.89 bits per heavy atom. The molecule has 0 unspecified atom stereocenters. The van der Waals surface area contributed by atoms with E-state index in [9.17, 15) is 4.79 Å². The fraction of sp³-hybridized carbons (Fsp3) is 0.429. The molecule has 1 aliphatic rings. The lowest BCUT2D eigenvalue weighted by Crippen LogP contribution is -2.65. The molecule has 0 aromatic heterocycles. The third kappa shape index (κ3) is 2.54. The fourth-order valence-corrected chi connectivity index (χ4v) is 2.31. The van der Waals surface area contributed by atoms with E-state index in [-0.39, 0.29) is 5.91 Å². The van der Waals surface area contributed by atoms with Crippen LogP contribution in [0.3, 0.4) is 0 Å². The van der Waals surface area contributed by atoms with E-state index in [0.717, 1.165) is 5.69 Å². The Morgan fingerprint density at radius 3 is 2.53 bits per heavy atom. The van der Waals surface area contributed by atoms with E-state index < -0.39 is 5.54 Å². The number of amides is 1. The van der Waals surface area contributed by atoms with Crippen LogP contribution < -0.4 is 5.73 Å². The summed E-state index contributed by atoms with van der Waals surface area (Å²) in [6.07, 6.45) is 0. The Bertz CT molecular complexity index is 495. The summed E-state index contributed by atoms with van der Waals surface area (Å²) in [6, 6.07) is 9.52. The SMILES string of the molecule is CN1CCN(C(N)=Nc2ccccc2)C(C)(C)C1=O. The van der Waals surface area contributed by atoms with E-state index in [0.29, 0.717) is 19.0 Å². The summed E-state index contributed by atoms with van der Waals surface area (Å²) in [6.45, 7) is 5.10. The summed E-state index contributed by atoms with van der Waals surface area (Å²) in [5.41, 5.74) is 6.21. The zero-order valence-corrected chi connectivity index (χ0v) is 11.6. The number of benzene rings is 1. The molecule has 102 valence electrons. The highest BCUT2D eigenvalue weighted by Crippen LogP contribution is 2.22. The number of guanidine groups is 1. The monoisotopic (exact) mass is 260 g/mol. The number of hydrogen-bond donors (Lipinski definition) is 1. The molecule has 0 aliphatic carbocycles. The molecule has 1 aliphatic heterocycles. The van der Waals surface area contributed by atoms with Crippen molar-refractivity contribution >= 4 is 17.6 Å². The molecule has 5 nitrogen and oxygen atoms in total. The Hall–Kier alpha value is -2.04. The Kier molecular flexibility index (Phi) is 3.46. The predicted octanol–water partition coefficient (Wildman–Crippen LogP) is 1.19. The molecule has 1 amide bonds. The summed E-state index contributed by atoms with van der Waals surface area (Å²) in [5, 5.41) is 0. The lowest BCUT2D eigenvalue weighted by Gasteiger charge is -2.45. The molecular weight excluding hydrogens is 240 g/mol. The van der Waals surface area contributed by atoms with E-state index in [1.54, 1.807) is 4.90 Å². The van der Waals surface area contributed by atoms with Crippen LogP contribution >= 0.6 is 0 Å². The van der Waals surface area contributed by atoms with Gasteiger partial charge in [-0.15, -0.1) is 0 Å². The van der Waals surface area contributed by atoms with Crippen molar-refractivity contribution in [2.75, 3.05) is 20.1 Å². The number of rotatable bonds is 1. The highest BCUT2D eigenvalue weighted by Gasteiger charge is 2.41. The highest BCUT2D eigenvalue weighted by molar-refractivity contribution is 5.93. The number of aliphatic imine (C=N–C) groups is 1. The number of carbonyl (C=O) groups is 1. The first-order chi connectivity index (χ1) is 8.93. The average molecular weight is 260 g/mol. The molecule has 0 spiro atoms. The number of nitrogens with two attached hydrogens (primary N) is 1. The first-order valence-corrected chi connectivity index (χ1v) is 6.35. The molecule has 0 saturated carbocycles. The first kappa shape index (κ1) is 13.4. The third-order valence-electron chi connectivity index (χ3n) is 3.48. The Balaban J connectivity index is 2.26. The minimum absolute atomic E-state index is 0.0601. The molecule has 1 heterocycles. The summed E-state index contributed by atoms with van der Waals surface area (Å²) < 4.78 is 0. The fourth-order valence-electron chi connectivity index (χ4n) is 2.31. The standard InChI is InChI=1S/C14H20N4O/c1-14(2)12(19)17(3)9-10-18(14)13(15)16-11-7-5-4-6-8-11/h4-8H,9-10H2,1-3H3,(H2,15,16). The van der Waals surface area contributed by atoms with Crippen molar-refractivity contribution in [1.82, 2.24) is 9.80 Å². The number of carbonyl (C=O) groups excluding carboxylic acids is 1. The van der Waals surface area contributed by atoms with Crippen molar-refractivity contribution in [3.05, 3.63) is 30.3 Å². The van der Waals surface area contributed by atoms with Gasteiger partial charge in [0.2, 0.25) is 5.91 Å². The van der Waals surface area contributed by atoms with Crippen LogP contribution in [0.2, 0.25) is 0 Å². The van der Waals surface area contributed by atoms with Gasteiger partial charge in [0.15, 0.2) is 5.96 Å². The van der Waals surface area contributed by atoms with E-state index in [4.69, 9.17) is 5.73 Å².